The molecule has 0 bridgehead atoms. The average molecular weight is 171 g/mol. The van der Waals surface area contributed by atoms with Gasteiger partial charge >= 0.3 is 0 Å². The van der Waals surface area contributed by atoms with Crippen LogP contribution < -0.4 is 5.32 Å². The molecule has 0 aromatic heterocycles. The Labute approximate surface area is 73.5 Å². The van der Waals surface area contributed by atoms with Crippen molar-refractivity contribution in [1.29, 1.82) is 0 Å². The van der Waals surface area contributed by atoms with Gasteiger partial charge in [-0.1, -0.05) is 20.8 Å². The van der Waals surface area contributed by atoms with Crippen molar-refractivity contribution < 1.29 is 9.59 Å². The van der Waals surface area contributed by atoms with Crippen molar-refractivity contribution in [3.63, 3.8) is 0 Å². The van der Waals surface area contributed by atoms with Gasteiger partial charge in [0.1, 0.15) is 0 Å². The third kappa shape index (κ3) is 3.03. The molecule has 0 spiro atoms. The highest BCUT2D eigenvalue weighted by Crippen LogP contribution is 2.14. The van der Waals surface area contributed by atoms with Crippen LogP contribution in [0.4, 0.5) is 0 Å². The lowest BCUT2D eigenvalue weighted by atomic mass is 9.96. The van der Waals surface area contributed by atoms with Crippen molar-refractivity contribution in [3.8, 4) is 0 Å². The molecular formula is C9H17NO2. The predicted molar refractivity (Wildman–Crippen MR) is 47.5 cm³/mol. The summed E-state index contributed by atoms with van der Waals surface area (Å²) in [6.45, 7) is 5.96. The molecule has 1 saturated heterocycles. The van der Waals surface area contributed by atoms with E-state index in [1.165, 1.54) is 0 Å². The zero-order valence-electron chi connectivity index (χ0n) is 8.02. The molecule has 1 heterocycles. The summed E-state index contributed by atoms with van der Waals surface area (Å²) in [6, 6.07) is 0. The monoisotopic (exact) mass is 171 g/mol. The Kier molecular flexibility index (Phi) is 5.34. The van der Waals surface area contributed by atoms with Gasteiger partial charge in [0.2, 0.25) is 11.8 Å². The summed E-state index contributed by atoms with van der Waals surface area (Å²) in [5.74, 6) is -0.161. The molecular weight excluding hydrogens is 154 g/mol. The number of nitrogens with one attached hydrogen (secondary N) is 1. The second-order valence-electron chi connectivity index (χ2n) is 2.56. The number of hydrogen-bond donors (Lipinski definition) is 1. The Morgan fingerprint density at radius 2 is 2.00 bits per heavy atom. The number of carbonyl (C=O) groups is 2. The van der Waals surface area contributed by atoms with Crippen molar-refractivity contribution in [3.05, 3.63) is 0 Å². The van der Waals surface area contributed by atoms with E-state index in [-0.39, 0.29) is 17.7 Å². The summed E-state index contributed by atoms with van der Waals surface area (Å²) < 4.78 is 0. The van der Waals surface area contributed by atoms with Gasteiger partial charge < -0.3 is 0 Å². The first-order valence-electron chi connectivity index (χ1n) is 4.57. The van der Waals surface area contributed by atoms with Gasteiger partial charge in [0.25, 0.3) is 0 Å². The molecule has 0 aromatic rings. The molecule has 1 rings (SSSR count). The lowest BCUT2D eigenvalue weighted by Crippen LogP contribution is -2.40. The Bertz CT molecular complexity index is 166. The minimum atomic E-state index is -0.130. The minimum absolute atomic E-state index is 0.0673. The third-order valence-electron chi connectivity index (χ3n) is 1.85. The van der Waals surface area contributed by atoms with E-state index in [4.69, 9.17) is 0 Å². The van der Waals surface area contributed by atoms with E-state index < -0.39 is 0 Å². The second kappa shape index (κ2) is 5.75. The molecule has 0 aromatic carbocycles. The van der Waals surface area contributed by atoms with Gasteiger partial charge in [-0.15, -0.1) is 0 Å². The molecule has 1 unspecified atom stereocenters. The number of hydrogen-bond acceptors (Lipinski definition) is 2. The molecule has 3 nitrogen and oxygen atoms in total. The van der Waals surface area contributed by atoms with E-state index in [9.17, 15) is 9.59 Å². The number of carbonyl (C=O) groups excluding carboxylic acids is 2. The van der Waals surface area contributed by atoms with E-state index in [2.05, 4.69) is 5.32 Å². The van der Waals surface area contributed by atoms with Crippen LogP contribution in [0.15, 0.2) is 0 Å². The summed E-state index contributed by atoms with van der Waals surface area (Å²) in [4.78, 5) is 21.5. The van der Waals surface area contributed by atoms with Crippen LogP contribution in [0.2, 0.25) is 0 Å². The Balaban J connectivity index is 0.000000561. The van der Waals surface area contributed by atoms with Crippen LogP contribution in [0.5, 0.6) is 0 Å². The fourth-order valence-electron chi connectivity index (χ4n) is 1.13. The number of piperidine rings is 1. The van der Waals surface area contributed by atoms with Crippen LogP contribution in [0.25, 0.3) is 0 Å². The molecule has 0 radical (unpaired) electrons. The first-order chi connectivity index (χ1) is 5.74. The van der Waals surface area contributed by atoms with Crippen molar-refractivity contribution in [2.24, 2.45) is 5.92 Å². The van der Waals surface area contributed by atoms with E-state index >= 15 is 0 Å². The summed E-state index contributed by atoms with van der Waals surface area (Å²) >= 11 is 0. The van der Waals surface area contributed by atoms with Crippen molar-refractivity contribution >= 4 is 11.8 Å². The normalized spacial score (nSPS) is 22.4. The van der Waals surface area contributed by atoms with Gasteiger partial charge in [-0.2, -0.15) is 0 Å². The van der Waals surface area contributed by atoms with E-state index in [0.29, 0.717) is 6.42 Å². The fraction of sp³-hybridized carbons (Fsp3) is 0.778. The summed E-state index contributed by atoms with van der Waals surface area (Å²) in [7, 11) is 0. The number of imide groups is 1. The maximum atomic E-state index is 10.9. The maximum absolute atomic E-state index is 10.9. The minimum Gasteiger partial charge on any atom is -0.296 e. The van der Waals surface area contributed by atoms with Gasteiger partial charge in [-0.05, 0) is 12.8 Å². The van der Waals surface area contributed by atoms with Crippen LogP contribution in [0.3, 0.4) is 0 Å². The number of rotatable bonds is 1. The first kappa shape index (κ1) is 11.1. The van der Waals surface area contributed by atoms with Crippen molar-refractivity contribution in [2.75, 3.05) is 0 Å². The van der Waals surface area contributed by atoms with Gasteiger partial charge in [-0.3, -0.25) is 14.9 Å². The summed E-state index contributed by atoms with van der Waals surface area (Å²) in [5, 5.41) is 2.30. The zero-order valence-corrected chi connectivity index (χ0v) is 8.02. The standard InChI is InChI=1S/C7H11NO2.C2H6/c1-2-5-3-4-6(9)8-7(5)10;1-2/h5H,2-4H2,1H3,(H,8,9,10);1-2H3. The van der Waals surface area contributed by atoms with Crippen LogP contribution in [-0.4, -0.2) is 11.8 Å². The molecule has 12 heavy (non-hydrogen) atoms. The van der Waals surface area contributed by atoms with Crippen LogP contribution >= 0.6 is 0 Å². The highest BCUT2D eigenvalue weighted by Gasteiger charge is 2.24. The lowest BCUT2D eigenvalue weighted by molar-refractivity contribution is -0.136. The van der Waals surface area contributed by atoms with Gasteiger partial charge in [0, 0.05) is 12.3 Å². The van der Waals surface area contributed by atoms with Crippen LogP contribution in [0, 0.1) is 5.92 Å². The quantitative estimate of drug-likeness (QED) is 0.607. The SMILES string of the molecule is CC.CCC1CCC(=O)NC1=O. The Morgan fingerprint density at radius 3 is 2.42 bits per heavy atom. The fourth-order valence-corrected chi connectivity index (χ4v) is 1.13. The molecule has 3 heteroatoms. The lowest BCUT2D eigenvalue weighted by Gasteiger charge is -2.18. The molecule has 1 atom stereocenters. The molecule has 1 fully saturated rings. The molecule has 1 aliphatic rings. The summed E-state index contributed by atoms with van der Waals surface area (Å²) in [6.07, 6.45) is 2.06. The molecule has 70 valence electrons. The highest BCUT2D eigenvalue weighted by atomic mass is 16.2. The molecule has 1 aliphatic heterocycles. The molecule has 1 N–H and O–H groups in total. The van der Waals surface area contributed by atoms with E-state index in [1.54, 1.807) is 0 Å². The molecule has 0 saturated carbocycles. The Morgan fingerprint density at radius 1 is 1.42 bits per heavy atom. The zero-order chi connectivity index (χ0) is 9.56. The topological polar surface area (TPSA) is 46.2 Å². The first-order valence-corrected chi connectivity index (χ1v) is 4.57. The second-order valence-corrected chi connectivity index (χ2v) is 2.56. The van der Waals surface area contributed by atoms with Crippen molar-refractivity contribution in [2.45, 2.75) is 40.0 Å². The van der Waals surface area contributed by atoms with Gasteiger partial charge in [-0.25, -0.2) is 0 Å². The van der Waals surface area contributed by atoms with Crippen LogP contribution in [-0.2, 0) is 9.59 Å². The third-order valence-corrected chi connectivity index (χ3v) is 1.85. The van der Waals surface area contributed by atoms with Crippen molar-refractivity contribution in [1.82, 2.24) is 5.32 Å². The highest BCUT2D eigenvalue weighted by molar-refractivity contribution is 5.98. The summed E-state index contributed by atoms with van der Waals surface area (Å²) in [5.41, 5.74) is 0. The van der Waals surface area contributed by atoms with E-state index in [1.807, 2.05) is 20.8 Å². The molecule has 0 aliphatic carbocycles. The number of amides is 2. The largest absolute Gasteiger partial charge is 0.296 e. The predicted octanol–water partition coefficient (Wildman–Crippen LogP) is 1.48. The van der Waals surface area contributed by atoms with Gasteiger partial charge in [0.15, 0.2) is 0 Å². The van der Waals surface area contributed by atoms with E-state index in [0.717, 1.165) is 12.8 Å². The van der Waals surface area contributed by atoms with Gasteiger partial charge in [0.05, 0.1) is 0 Å². The van der Waals surface area contributed by atoms with Crippen LogP contribution in [0.1, 0.15) is 40.0 Å². The smallest absolute Gasteiger partial charge is 0.229 e. The average Bonchev–Trinajstić information content (AvgIpc) is 2.08. The molecule has 2 amide bonds. The maximum Gasteiger partial charge on any atom is 0.229 e. The Hall–Kier alpha value is -0.860.